The number of rotatable bonds is 3. The molecule has 0 radical (unpaired) electrons. The van der Waals surface area contributed by atoms with Crippen LogP contribution in [0, 0.1) is 5.92 Å². The first-order chi connectivity index (χ1) is 8.18. The van der Waals surface area contributed by atoms with Crippen molar-refractivity contribution < 1.29 is 9.90 Å². The van der Waals surface area contributed by atoms with Gasteiger partial charge in [0.05, 0.1) is 5.92 Å². The molecule has 1 saturated carbocycles. The van der Waals surface area contributed by atoms with Gasteiger partial charge in [-0.05, 0) is 36.5 Å². The molecule has 2 rings (SSSR count). The van der Waals surface area contributed by atoms with E-state index in [0.717, 1.165) is 31.2 Å². The van der Waals surface area contributed by atoms with Crippen LogP contribution in [0.5, 0.6) is 0 Å². The van der Waals surface area contributed by atoms with Crippen molar-refractivity contribution in [1.29, 1.82) is 0 Å². The summed E-state index contributed by atoms with van der Waals surface area (Å²) in [6.45, 7) is 0. The summed E-state index contributed by atoms with van der Waals surface area (Å²) in [5, 5.41) is 10.0. The first-order valence-electron chi connectivity index (χ1n) is 6.17. The lowest BCUT2D eigenvalue weighted by atomic mass is 9.77. The molecule has 0 saturated heterocycles. The molecule has 0 bridgehead atoms. The van der Waals surface area contributed by atoms with Gasteiger partial charge in [0.25, 0.3) is 0 Å². The van der Waals surface area contributed by atoms with E-state index >= 15 is 0 Å². The average Bonchev–Trinajstić information content (AvgIpc) is 2.30. The van der Waals surface area contributed by atoms with Gasteiger partial charge < -0.3 is 5.11 Å². The number of carboxylic acid groups (broad SMARTS) is 1. The molecule has 17 heavy (non-hydrogen) atoms. The number of carbonyl (C=O) groups is 1. The molecule has 0 heterocycles. The fraction of sp³-hybridized carbons (Fsp3) is 0.500. The third-order valence-corrected chi connectivity index (χ3v) is 3.83. The normalized spacial score (nSPS) is 18.9. The fourth-order valence-electron chi connectivity index (χ4n) is 2.78. The Balaban J connectivity index is 2.25. The van der Waals surface area contributed by atoms with Gasteiger partial charge in [-0.25, -0.2) is 0 Å². The van der Waals surface area contributed by atoms with Crippen LogP contribution in [0.4, 0.5) is 0 Å². The van der Waals surface area contributed by atoms with E-state index in [-0.39, 0.29) is 5.92 Å². The average molecular weight is 253 g/mol. The smallest absolute Gasteiger partial charge is 0.311 e. The lowest BCUT2D eigenvalue weighted by Gasteiger charge is -2.27. The van der Waals surface area contributed by atoms with Crippen LogP contribution in [0.25, 0.3) is 0 Å². The number of halogens is 1. The number of benzene rings is 1. The molecule has 1 aliphatic carbocycles. The first kappa shape index (κ1) is 12.4. The summed E-state index contributed by atoms with van der Waals surface area (Å²) in [6.07, 6.45) is 5.56. The molecular weight excluding hydrogens is 236 g/mol. The second-order valence-corrected chi connectivity index (χ2v) is 5.21. The minimum absolute atomic E-state index is 0.264. The Morgan fingerprint density at radius 3 is 2.59 bits per heavy atom. The highest BCUT2D eigenvalue weighted by atomic mass is 35.5. The molecule has 0 amide bonds. The molecule has 1 unspecified atom stereocenters. The number of aliphatic carboxylic acids is 1. The van der Waals surface area contributed by atoms with Crippen LogP contribution >= 0.6 is 11.6 Å². The summed E-state index contributed by atoms with van der Waals surface area (Å²) in [7, 11) is 0. The lowest BCUT2D eigenvalue weighted by Crippen LogP contribution is -2.23. The number of carboxylic acids is 1. The zero-order valence-electron chi connectivity index (χ0n) is 9.73. The van der Waals surface area contributed by atoms with Crippen molar-refractivity contribution in [3.63, 3.8) is 0 Å². The highest BCUT2D eigenvalue weighted by Gasteiger charge is 2.30. The highest BCUT2D eigenvalue weighted by molar-refractivity contribution is 6.30. The monoisotopic (exact) mass is 252 g/mol. The molecule has 1 fully saturated rings. The van der Waals surface area contributed by atoms with E-state index in [4.69, 9.17) is 11.6 Å². The molecule has 92 valence electrons. The Hall–Kier alpha value is -1.02. The van der Waals surface area contributed by atoms with Crippen LogP contribution in [-0.4, -0.2) is 11.1 Å². The molecule has 1 aliphatic rings. The zero-order valence-corrected chi connectivity index (χ0v) is 10.5. The summed E-state index contributed by atoms with van der Waals surface area (Å²) in [5.74, 6) is -0.854. The summed E-state index contributed by atoms with van der Waals surface area (Å²) in [4.78, 5) is 11.5. The largest absolute Gasteiger partial charge is 0.481 e. The number of hydrogen-bond acceptors (Lipinski definition) is 1. The minimum atomic E-state index is -0.723. The SMILES string of the molecule is O=C(O)C(c1cccc(Cl)c1)C1CCCCC1. The molecule has 1 N–H and O–H groups in total. The van der Waals surface area contributed by atoms with E-state index < -0.39 is 11.9 Å². The van der Waals surface area contributed by atoms with Crippen LogP contribution in [0.3, 0.4) is 0 Å². The second kappa shape index (κ2) is 5.54. The van der Waals surface area contributed by atoms with Crippen molar-refractivity contribution in [1.82, 2.24) is 0 Å². The first-order valence-corrected chi connectivity index (χ1v) is 6.54. The van der Waals surface area contributed by atoms with Gasteiger partial charge in [0.15, 0.2) is 0 Å². The molecule has 0 aliphatic heterocycles. The van der Waals surface area contributed by atoms with E-state index in [0.29, 0.717) is 5.02 Å². The van der Waals surface area contributed by atoms with Gasteiger partial charge >= 0.3 is 5.97 Å². The fourth-order valence-corrected chi connectivity index (χ4v) is 2.98. The van der Waals surface area contributed by atoms with E-state index in [9.17, 15) is 9.90 Å². The standard InChI is InChI=1S/C14H17ClO2/c15-12-8-4-7-11(9-12)13(14(16)17)10-5-2-1-3-6-10/h4,7-10,13H,1-3,5-6H2,(H,16,17). The molecular formula is C14H17ClO2. The summed E-state index contributed by atoms with van der Waals surface area (Å²) in [5.41, 5.74) is 0.844. The topological polar surface area (TPSA) is 37.3 Å². The molecule has 0 aromatic heterocycles. The molecule has 2 nitrogen and oxygen atoms in total. The predicted octanol–water partition coefficient (Wildman–Crippen LogP) is 4.09. The van der Waals surface area contributed by atoms with Crippen LogP contribution < -0.4 is 0 Å². The molecule has 1 aromatic rings. The Morgan fingerprint density at radius 1 is 1.29 bits per heavy atom. The van der Waals surface area contributed by atoms with E-state index in [2.05, 4.69) is 0 Å². The van der Waals surface area contributed by atoms with Gasteiger partial charge in [0.1, 0.15) is 0 Å². The van der Waals surface area contributed by atoms with E-state index in [1.54, 1.807) is 12.1 Å². The number of hydrogen-bond donors (Lipinski definition) is 1. The van der Waals surface area contributed by atoms with Crippen molar-refractivity contribution in [3.8, 4) is 0 Å². The van der Waals surface area contributed by atoms with Crippen molar-refractivity contribution >= 4 is 17.6 Å². The molecule has 0 spiro atoms. The molecule has 1 aromatic carbocycles. The van der Waals surface area contributed by atoms with Crippen molar-refractivity contribution in [3.05, 3.63) is 34.9 Å². The van der Waals surface area contributed by atoms with Crippen molar-refractivity contribution in [2.24, 2.45) is 5.92 Å². The van der Waals surface area contributed by atoms with Crippen LogP contribution in [0.1, 0.15) is 43.6 Å². The molecule has 3 heteroatoms. The van der Waals surface area contributed by atoms with Gasteiger partial charge in [-0.3, -0.25) is 4.79 Å². The van der Waals surface area contributed by atoms with E-state index in [1.165, 1.54) is 6.42 Å². The van der Waals surface area contributed by atoms with Crippen LogP contribution in [-0.2, 0) is 4.79 Å². The highest BCUT2D eigenvalue weighted by Crippen LogP contribution is 2.36. The van der Waals surface area contributed by atoms with Crippen molar-refractivity contribution in [2.75, 3.05) is 0 Å². The van der Waals surface area contributed by atoms with Crippen LogP contribution in [0.2, 0.25) is 5.02 Å². The minimum Gasteiger partial charge on any atom is -0.481 e. The summed E-state index contributed by atoms with van der Waals surface area (Å²) >= 11 is 5.94. The maximum absolute atomic E-state index is 11.5. The third-order valence-electron chi connectivity index (χ3n) is 3.60. The zero-order chi connectivity index (χ0) is 12.3. The van der Waals surface area contributed by atoms with Crippen molar-refractivity contribution in [2.45, 2.75) is 38.0 Å². The quantitative estimate of drug-likeness (QED) is 0.880. The summed E-state index contributed by atoms with van der Waals surface area (Å²) < 4.78 is 0. The van der Waals surface area contributed by atoms with Gasteiger partial charge in [-0.1, -0.05) is 43.0 Å². The third kappa shape index (κ3) is 3.01. The Morgan fingerprint density at radius 2 is 2.00 bits per heavy atom. The predicted molar refractivity (Wildman–Crippen MR) is 68.4 cm³/mol. The maximum Gasteiger partial charge on any atom is 0.311 e. The van der Waals surface area contributed by atoms with Crippen LogP contribution in [0.15, 0.2) is 24.3 Å². The van der Waals surface area contributed by atoms with Gasteiger partial charge in [0.2, 0.25) is 0 Å². The van der Waals surface area contributed by atoms with Gasteiger partial charge in [0, 0.05) is 5.02 Å². The van der Waals surface area contributed by atoms with Gasteiger partial charge in [-0.2, -0.15) is 0 Å². The Kier molecular flexibility index (Phi) is 4.06. The molecule has 1 atom stereocenters. The maximum atomic E-state index is 11.5. The lowest BCUT2D eigenvalue weighted by molar-refractivity contribution is -0.140. The second-order valence-electron chi connectivity index (χ2n) is 4.77. The van der Waals surface area contributed by atoms with E-state index in [1.807, 2.05) is 12.1 Å². The van der Waals surface area contributed by atoms with Gasteiger partial charge in [-0.15, -0.1) is 0 Å². The summed E-state index contributed by atoms with van der Waals surface area (Å²) in [6, 6.07) is 7.27. The Labute approximate surface area is 107 Å². The Bertz CT molecular complexity index is 397.